The zero-order chi connectivity index (χ0) is 13.3. The van der Waals surface area contributed by atoms with Gasteiger partial charge in [0.05, 0.1) is 5.56 Å². The number of phenols is 2. The van der Waals surface area contributed by atoms with Gasteiger partial charge in [-0.15, -0.1) is 0 Å². The van der Waals surface area contributed by atoms with Crippen molar-refractivity contribution in [2.24, 2.45) is 0 Å². The highest BCUT2D eigenvalue weighted by Crippen LogP contribution is 2.35. The molecular weight excluding hydrogens is 234 g/mol. The fourth-order valence-electron chi connectivity index (χ4n) is 1.81. The van der Waals surface area contributed by atoms with Gasteiger partial charge in [0.1, 0.15) is 6.23 Å². The Morgan fingerprint density at radius 1 is 1.28 bits per heavy atom. The highest BCUT2D eigenvalue weighted by molar-refractivity contribution is 6.10. The van der Waals surface area contributed by atoms with E-state index >= 15 is 0 Å². The van der Waals surface area contributed by atoms with Crippen LogP contribution in [0.2, 0.25) is 0 Å². The van der Waals surface area contributed by atoms with Gasteiger partial charge in [-0.05, 0) is 23.8 Å². The summed E-state index contributed by atoms with van der Waals surface area (Å²) in [5, 5.41) is 31.9. The summed E-state index contributed by atoms with van der Waals surface area (Å²) in [5.74, 6) is -1.51. The second-order valence-corrected chi connectivity index (χ2v) is 3.99. The molecule has 0 radical (unpaired) electrons. The fourth-order valence-corrected chi connectivity index (χ4v) is 1.81. The number of fused-ring (bicyclic) bond motifs is 1. The van der Waals surface area contributed by atoms with E-state index in [0.29, 0.717) is 10.8 Å². The van der Waals surface area contributed by atoms with Crippen LogP contribution in [-0.4, -0.2) is 27.5 Å². The summed E-state index contributed by atoms with van der Waals surface area (Å²) in [4.78, 5) is 11.9. The summed E-state index contributed by atoms with van der Waals surface area (Å²) < 4.78 is 0. The number of hydrogen-bond donors (Lipinski definition) is 4. The second-order valence-electron chi connectivity index (χ2n) is 3.99. The lowest BCUT2D eigenvalue weighted by Gasteiger charge is -2.12. The lowest BCUT2D eigenvalue weighted by molar-refractivity contribution is 0.0817. The van der Waals surface area contributed by atoms with Crippen LogP contribution in [0.4, 0.5) is 0 Å². The molecule has 0 saturated heterocycles. The minimum absolute atomic E-state index is 0.0495. The molecule has 1 unspecified atom stereocenters. The van der Waals surface area contributed by atoms with Gasteiger partial charge in [0, 0.05) is 0 Å². The Kier molecular flexibility index (Phi) is 3.08. The van der Waals surface area contributed by atoms with Crippen LogP contribution in [0.15, 0.2) is 30.3 Å². The van der Waals surface area contributed by atoms with Gasteiger partial charge in [-0.25, -0.2) is 0 Å². The first-order valence-electron chi connectivity index (χ1n) is 5.43. The van der Waals surface area contributed by atoms with E-state index in [4.69, 9.17) is 5.11 Å². The molecule has 0 aliphatic rings. The third kappa shape index (κ3) is 2.08. The van der Waals surface area contributed by atoms with Crippen molar-refractivity contribution < 1.29 is 20.1 Å². The Bertz CT molecular complexity index is 607. The minimum Gasteiger partial charge on any atom is -0.504 e. The van der Waals surface area contributed by atoms with Gasteiger partial charge >= 0.3 is 0 Å². The predicted octanol–water partition coefficient (Wildman–Crippen LogP) is 1.32. The number of hydrogen-bond acceptors (Lipinski definition) is 4. The van der Waals surface area contributed by atoms with Gasteiger partial charge in [-0.2, -0.15) is 0 Å². The maximum atomic E-state index is 11.9. The summed E-state index contributed by atoms with van der Waals surface area (Å²) >= 11 is 0. The number of benzene rings is 2. The molecule has 18 heavy (non-hydrogen) atoms. The summed E-state index contributed by atoms with van der Waals surface area (Å²) in [6.45, 7) is 1.39. The standard InChI is InChI=1S/C13H13NO4/c1-7(15)14-13(18)11-9-5-3-2-4-8(9)6-10(16)12(11)17/h2-7,15-17H,1H3,(H,14,18). The molecule has 0 aromatic heterocycles. The highest BCUT2D eigenvalue weighted by Gasteiger charge is 2.19. The quantitative estimate of drug-likeness (QED) is 0.476. The van der Waals surface area contributed by atoms with Gasteiger partial charge in [0.2, 0.25) is 0 Å². The Morgan fingerprint density at radius 3 is 2.61 bits per heavy atom. The number of aromatic hydroxyl groups is 2. The molecule has 4 N–H and O–H groups in total. The molecule has 1 atom stereocenters. The monoisotopic (exact) mass is 247 g/mol. The van der Waals surface area contributed by atoms with Crippen molar-refractivity contribution in [3.63, 3.8) is 0 Å². The zero-order valence-corrected chi connectivity index (χ0v) is 9.71. The summed E-state index contributed by atoms with van der Waals surface area (Å²) in [7, 11) is 0. The topological polar surface area (TPSA) is 89.8 Å². The van der Waals surface area contributed by atoms with Crippen molar-refractivity contribution in [1.82, 2.24) is 5.32 Å². The molecule has 5 heteroatoms. The first-order chi connectivity index (χ1) is 8.50. The smallest absolute Gasteiger partial charge is 0.257 e. The molecule has 0 aliphatic heterocycles. The minimum atomic E-state index is -1.04. The largest absolute Gasteiger partial charge is 0.504 e. The van der Waals surface area contributed by atoms with Crippen LogP contribution in [0.25, 0.3) is 10.8 Å². The number of rotatable bonds is 2. The Hall–Kier alpha value is -2.27. The number of amides is 1. The number of nitrogens with one attached hydrogen (secondary N) is 1. The average molecular weight is 247 g/mol. The van der Waals surface area contributed by atoms with Gasteiger partial charge in [-0.1, -0.05) is 24.3 Å². The molecule has 0 spiro atoms. The molecule has 0 bridgehead atoms. The number of carbonyl (C=O) groups excluding carboxylic acids is 1. The number of aliphatic hydroxyl groups excluding tert-OH is 1. The second kappa shape index (κ2) is 4.54. The van der Waals surface area contributed by atoms with E-state index in [-0.39, 0.29) is 11.3 Å². The summed E-state index contributed by atoms with van der Waals surface area (Å²) in [5.41, 5.74) is -0.0495. The van der Waals surface area contributed by atoms with E-state index in [0.717, 1.165) is 0 Å². The molecule has 2 aromatic rings. The number of carbonyl (C=O) groups is 1. The molecule has 0 saturated carbocycles. The van der Waals surface area contributed by atoms with E-state index in [1.165, 1.54) is 13.0 Å². The van der Waals surface area contributed by atoms with Crippen LogP contribution in [0.3, 0.4) is 0 Å². The van der Waals surface area contributed by atoms with Crippen LogP contribution < -0.4 is 5.32 Å². The van der Waals surface area contributed by atoms with Crippen LogP contribution in [0, 0.1) is 0 Å². The highest BCUT2D eigenvalue weighted by atomic mass is 16.3. The van der Waals surface area contributed by atoms with Crippen molar-refractivity contribution in [3.05, 3.63) is 35.9 Å². The summed E-state index contributed by atoms with van der Waals surface area (Å²) in [6.07, 6.45) is -1.04. The molecule has 0 heterocycles. The molecule has 1 amide bonds. The Labute approximate surface area is 103 Å². The van der Waals surface area contributed by atoms with E-state index < -0.39 is 17.9 Å². The van der Waals surface area contributed by atoms with Crippen LogP contribution in [0.5, 0.6) is 11.5 Å². The molecule has 0 aliphatic carbocycles. The maximum absolute atomic E-state index is 11.9. The van der Waals surface area contributed by atoms with Crippen molar-refractivity contribution in [3.8, 4) is 11.5 Å². The Morgan fingerprint density at radius 2 is 1.94 bits per heavy atom. The van der Waals surface area contributed by atoms with Crippen molar-refractivity contribution in [2.75, 3.05) is 0 Å². The van der Waals surface area contributed by atoms with Gasteiger partial charge in [0.25, 0.3) is 5.91 Å². The lowest BCUT2D eigenvalue weighted by atomic mass is 10.0. The third-order valence-corrected chi connectivity index (χ3v) is 2.57. The average Bonchev–Trinajstić information content (AvgIpc) is 2.29. The zero-order valence-electron chi connectivity index (χ0n) is 9.71. The van der Waals surface area contributed by atoms with Gasteiger partial charge in [-0.3, -0.25) is 4.79 Å². The van der Waals surface area contributed by atoms with Crippen molar-refractivity contribution in [2.45, 2.75) is 13.2 Å². The molecule has 5 nitrogen and oxygen atoms in total. The molecule has 0 fully saturated rings. The van der Waals surface area contributed by atoms with Crippen molar-refractivity contribution in [1.29, 1.82) is 0 Å². The SMILES string of the molecule is CC(O)NC(=O)c1c(O)c(O)cc2ccccc12. The summed E-state index contributed by atoms with van der Waals surface area (Å²) in [6, 6.07) is 8.23. The van der Waals surface area contributed by atoms with E-state index in [2.05, 4.69) is 5.32 Å². The van der Waals surface area contributed by atoms with Gasteiger partial charge < -0.3 is 20.6 Å². The first kappa shape index (κ1) is 12.2. The lowest BCUT2D eigenvalue weighted by Crippen LogP contribution is -2.32. The Balaban J connectivity index is 2.67. The number of phenolic OH excluding ortho intramolecular Hbond substituents is 2. The van der Waals surface area contributed by atoms with E-state index in [9.17, 15) is 15.0 Å². The van der Waals surface area contributed by atoms with Gasteiger partial charge in [0.15, 0.2) is 11.5 Å². The van der Waals surface area contributed by atoms with E-state index in [1.54, 1.807) is 24.3 Å². The van der Waals surface area contributed by atoms with E-state index in [1.807, 2.05) is 0 Å². The van der Waals surface area contributed by atoms with Crippen molar-refractivity contribution >= 4 is 16.7 Å². The van der Waals surface area contributed by atoms with Crippen LogP contribution >= 0.6 is 0 Å². The fraction of sp³-hybridized carbons (Fsp3) is 0.154. The first-order valence-corrected chi connectivity index (χ1v) is 5.43. The molecule has 2 rings (SSSR count). The molecule has 2 aromatic carbocycles. The number of aliphatic hydroxyl groups is 1. The molecular formula is C13H13NO4. The van der Waals surface area contributed by atoms with Crippen LogP contribution in [-0.2, 0) is 0 Å². The van der Waals surface area contributed by atoms with Crippen LogP contribution in [0.1, 0.15) is 17.3 Å². The third-order valence-electron chi connectivity index (χ3n) is 2.57. The molecule has 94 valence electrons. The maximum Gasteiger partial charge on any atom is 0.257 e. The predicted molar refractivity (Wildman–Crippen MR) is 66.4 cm³/mol. The normalized spacial score (nSPS) is 12.3.